The van der Waals surface area contributed by atoms with Crippen LogP contribution in [0.25, 0.3) is 0 Å². The predicted octanol–water partition coefficient (Wildman–Crippen LogP) is 2.99. The first kappa shape index (κ1) is 25.5. The van der Waals surface area contributed by atoms with E-state index in [1.54, 1.807) is 36.4 Å². The maximum Gasteiger partial charge on any atom is 0.241 e. The van der Waals surface area contributed by atoms with Crippen LogP contribution in [0.3, 0.4) is 0 Å². The summed E-state index contributed by atoms with van der Waals surface area (Å²) >= 11 is 0. The molecule has 176 valence electrons. The first-order chi connectivity index (χ1) is 14.9. The second kappa shape index (κ2) is 10.2. The molecule has 32 heavy (non-hydrogen) atoms. The average Bonchev–Trinajstić information content (AvgIpc) is 2.75. The van der Waals surface area contributed by atoms with Gasteiger partial charge in [-0.25, -0.2) is 8.42 Å². The molecule has 0 radical (unpaired) electrons. The van der Waals surface area contributed by atoms with Gasteiger partial charge in [-0.3, -0.25) is 4.79 Å². The molecule has 2 aromatic carbocycles. The van der Waals surface area contributed by atoms with Gasteiger partial charge in [-0.15, -0.1) is 0 Å². The predicted molar refractivity (Wildman–Crippen MR) is 123 cm³/mol. The summed E-state index contributed by atoms with van der Waals surface area (Å²) in [5.41, 5.74) is 1.64. The number of carbonyl (C=O) groups excluding carboxylic acids is 1. The lowest BCUT2D eigenvalue weighted by Crippen LogP contribution is -2.44. The van der Waals surface area contributed by atoms with Crippen molar-refractivity contribution in [3.63, 3.8) is 0 Å². The van der Waals surface area contributed by atoms with Crippen molar-refractivity contribution in [2.24, 2.45) is 0 Å². The summed E-state index contributed by atoms with van der Waals surface area (Å²) in [4.78, 5) is 12.6. The van der Waals surface area contributed by atoms with E-state index in [1.165, 1.54) is 28.3 Å². The van der Waals surface area contributed by atoms with Crippen molar-refractivity contribution in [2.75, 3.05) is 21.3 Å². The first-order valence-corrected chi connectivity index (χ1v) is 11.6. The van der Waals surface area contributed by atoms with E-state index in [4.69, 9.17) is 14.2 Å². The van der Waals surface area contributed by atoms with E-state index >= 15 is 0 Å². The Kier molecular flexibility index (Phi) is 8.14. The molecular weight excluding hydrogens is 432 g/mol. The molecule has 9 heteroatoms. The van der Waals surface area contributed by atoms with E-state index < -0.39 is 22.0 Å². The Hall–Kier alpha value is -2.78. The summed E-state index contributed by atoms with van der Waals surface area (Å²) in [5.74, 6) is 0.907. The van der Waals surface area contributed by atoms with Gasteiger partial charge in [-0.1, -0.05) is 32.9 Å². The van der Waals surface area contributed by atoms with Gasteiger partial charge < -0.3 is 19.5 Å². The lowest BCUT2D eigenvalue weighted by Gasteiger charge is -2.19. The zero-order valence-corrected chi connectivity index (χ0v) is 20.4. The number of benzene rings is 2. The molecule has 1 amide bonds. The minimum atomic E-state index is -3.85. The Morgan fingerprint density at radius 2 is 1.50 bits per heavy atom. The van der Waals surface area contributed by atoms with E-state index in [0.29, 0.717) is 22.8 Å². The zero-order valence-electron chi connectivity index (χ0n) is 19.6. The fraction of sp³-hybridized carbons (Fsp3) is 0.435. The second-order valence-electron chi connectivity index (χ2n) is 8.37. The summed E-state index contributed by atoms with van der Waals surface area (Å²) in [6.07, 6.45) is 0. The third-order valence-electron chi connectivity index (χ3n) is 4.95. The number of nitrogens with one attached hydrogen (secondary N) is 2. The zero-order chi connectivity index (χ0) is 24.1. The molecule has 0 heterocycles. The molecule has 2 N–H and O–H groups in total. The van der Waals surface area contributed by atoms with Crippen molar-refractivity contribution in [3.8, 4) is 17.2 Å². The van der Waals surface area contributed by atoms with Gasteiger partial charge in [0, 0.05) is 6.54 Å². The van der Waals surface area contributed by atoms with Gasteiger partial charge in [0.05, 0.1) is 32.3 Å². The van der Waals surface area contributed by atoms with Crippen LogP contribution in [-0.2, 0) is 26.8 Å². The number of rotatable bonds is 9. The minimum absolute atomic E-state index is 0.0876. The Balaban J connectivity index is 2.07. The van der Waals surface area contributed by atoms with E-state index in [0.717, 1.165) is 5.56 Å². The van der Waals surface area contributed by atoms with Crippen LogP contribution in [0.1, 0.15) is 38.8 Å². The van der Waals surface area contributed by atoms with Crippen molar-refractivity contribution in [1.29, 1.82) is 0 Å². The largest absolute Gasteiger partial charge is 0.493 e. The fourth-order valence-corrected chi connectivity index (χ4v) is 4.27. The van der Waals surface area contributed by atoms with E-state index in [9.17, 15) is 13.2 Å². The number of sulfonamides is 1. The Labute approximate surface area is 190 Å². The Bertz CT molecular complexity index is 1020. The SMILES string of the molecule is COc1cc(CNC(=O)C(C)NS(=O)(=O)c2ccc(C(C)(C)C)cc2)cc(OC)c1OC. The van der Waals surface area contributed by atoms with E-state index in [2.05, 4.69) is 30.8 Å². The van der Waals surface area contributed by atoms with Gasteiger partial charge in [0.2, 0.25) is 21.7 Å². The highest BCUT2D eigenvalue weighted by molar-refractivity contribution is 7.89. The molecule has 0 aliphatic carbocycles. The lowest BCUT2D eigenvalue weighted by atomic mass is 9.87. The molecule has 0 saturated heterocycles. The van der Waals surface area contributed by atoms with Crippen molar-refractivity contribution < 1.29 is 27.4 Å². The first-order valence-electron chi connectivity index (χ1n) is 10.1. The fourth-order valence-electron chi connectivity index (χ4n) is 3.07. The molecule has 0 saturated carbocycles. The van der Waals surface area contributed by atoms with Crippen LogP contribution in [0.15, 0.2) is 41.3 Å². The summed E-state index contributed by atoms with van der Waals surface area (Å²) in [6, 6.07) is 9.12. The highest BCUT2D eigenvalue weighted by atomic mass is 32.2. The number of carbonyl (C=O) groups is 1. The highest BCUT2D eigenvalue weighted by Gasteiger charge is 2.23. The molecule has 0 aliphatic heterocycles. The quantitative estimate of drug-likeness (QED) is 0.591. The lowest BCUT2D eigenvalue weighted by molar-refractivity contribution is -0.122. The normalized spacial score (nSPS) is 12.7. The molecule has 0 fully saturated rings. The van der Waals surface area contributed by atoms with E-state index in [-0.39, 0.29) is 16.9 Å². The molecule has 0 bridgehead atoms. The number of ether oxygens (including phenoxy) is 3. The molecule has 8 nitrogen and oxygen atoms in total. The van der Waals surface area contributed by atoms with Gasteiger partial charge in [0.1, 0.15) is 0 Å². The monoisotopic (exact) mass is 464 g/mol. The topological polar surface area (TPSA) is 103 Å². The molecule has 1 unspecified atom stereocenters. The van der Waals surface area contributed by atoms with Gasteiger partial charge in [0.15, 0.2) is 11.5 Å². The summed E-state index contributed by atoms with van der Waals surface area (Å²) in [6.45, 7) is 7.80. The van der Waals surface area contributed by atoms with Crippen LogP contribution in [0.5, 0.6) is 17.2 Å². The average molecular weight is 465 g/mol. The van der Waals surface area contributed by atoms with Crippen LogP contribution in [0.4, 0.5) is 0 Å². The van der Waals surface area contributed by atoms with Crippen LogP contribution < -0.4 is 24.2 Å². The Morgan fingerprint density at radius 1 is 0.969 bits per heavy atom. The van der Waals surface area contributed by atoms with Crippen LogP contribution in [0, 0.1) is 0 Å². The Morgan fingerprint density at radius 3 is 1.94 bits per heavy atom. The number of amides is 1. The van der Waals surface area contributed by atoms with Crippen LogP contribution in [-0.4, -0.2) is 41.7 Å². The smallest absolute Gasteiger partial charge is 0.241 e. The molecular formula is C23H32N2O6S. The standard InChI is InChI=1S/C23H32N2O6S/c1-15(25-32(27,28)18-10-8-17(9-11-18)23(2,3)4)22(26)24-14-16-12-19(29-5)21(31-7)20(13-16)30-6/h8-13,15,25H,14H2,1-7H3,(H,24,26). The van der Waals surface area contributed by atoms with E-state index in [1.807, 2.05) is 0 Å². The molecule has 1 atom stereocenters. The minimum Gasteiger partial charge on any atom is -0.493 e. The summed E-state index contributed by atoms with van der Waals surface area (Å²) in [7, 11) is 0.668. The molecule has 0 aliphatic rings. The number of hydrogen-bond donors (Lipinski definition) is 2. The van der Waals surface area contributed by atoms with Gasteiger partial charge in [-0.2, -0.15) is 4.72 Å². The summed E-state index contributed by atoms with van der Waals surface area (Å²) in [5, 5.41) is 2.72. The summed E-state index contributed by atoms with van der Waals surface area (Å²) < 4.78 is 43.7. The van der Waals surface area contributed by atoms with Gasteiger partial charge >= 0.3 is 0 Å². The van der Waals surface area contributed by atoms with Crippen molar-refractivity contribution in [2.45, 2.75) is 50.6 Å². The highest BCUT2D eigenvalue weighted by Crippen LogP contribution is 2.38. The third-order valence-corrected chi connectivity index (χ3v) is 6.50. The maximum atomic E-state index is 12.7. The maximum absolute atomic E-state index is 12.7. The number of methoxy groups -OCH3 is 3. The van der Waals surface area contributed by atoms with Crippen molar-refractivity contribution >= 4 is 15.9 Å². The molecule has 0 spiro atoms. The van der Waals surface area contributed by atoms with Crippen LogP contribution >= 0.6 is 0 Å². The number of hydrogen-bond acceptors (Lipinski definition) is 6. The van der Waals surface area contributed by atoms with Crippen LogP contribution in [0.2, 0.25) is 0 Å². The third kappa shape index (κ3) is 6.14. The van der Waals surface area contributed by atoms with Crippen molar-refractivity contribution in [3.05, 3.63) is 47.5 Å². The second-order valence-corrected chi connectivity index (χ2v) is 10.1. The molecule has 2 rings (SSSR count). The van der Waals surface area contributed by atoms with Gasteiger partial charge in [-0.05, 0) is 47.7 Å². The van der Waals surface area contributed by atoms with Gasteiger partial charge in [0.25, 0.3) is 0 Å². The molecule has 0 aromatic heterocycles. The van der Waals surface area contributed by atoms with Crippen molar-refractivity contribution in [1.82, 2.24) is 10.0 Å². The molecule has 2 aromatic rings.